The van der Waals surface area contributed by atoms with E-state index in [1.54, 1.807) is 34.0 Å². The molecule has 0 aliphatic heterocycles. The molecule has 0 amide bonds. The van der Waals surface area contributed by atoms with Gasteiger partial charge in [-0.1, -0.05) is 0 Å². The third kappa shape index (κ3) is 2.06. The summed E-state index contributed by atoms with van der Waals surface area (Å²) in [5.74, 6) is 0. The Hall–Kier alpha value is -0.850. The second kappa shape index (κ2) is 4.34. The van der Waals surface area contributed by atoms with Gasteiger partial charge in [0, 0.05) is 24.2 Å². The molecule has 2 aromatic heterocycles. The molecule has 4 nitrogen and oxygen atoms in total. The summed E-state index contributed by atoms with van der Waals surface area (Å²) in [5.41, 5.74) is 1.76. The van der Waals surface area contributed by atoms with Gasteiger partial charge in [-0.3, -0.25) is 4.68 Å². The predicted molar refractivity (Wildman–Crippen MR) is 60.1 cm³/mol. The number of hydrogen-bond donors (Lipinski definition) is 1. The van der Waals surface area contributed by atoms with E-state index in [0.29, 0.717) is 0 Å². The Morgan fingerprint density at radius 2 is 2.40 bits per heavy atom. The van der Waals surface area contributed by atoms with Crippen LogP contribution in [0.3, 0.4) is 0 Å². The molecule has 0 bridgehead atoms. The van der Waals surface area contributed by atoms with Gasteiger partial charge in [0.25, 0.3) is 0 Å². The summed E-state index contributed by atoms with van der Waals surface area (Å²) >= 11 is 3.12. The number of thiazole rings is 1. The standard InChI is InChI=1S/C9H11N3OS2/c1-6-7(5-13)8(12(2)11-6)15-9-10-3-4-14-9/h3-4,13H,5H2,1-2H3. The van der Waals surface area contributed by atoms with Crippen molar-refractivity contribution in [2.24, 2.45) is 7.05 Å². The van der Waals surface area contributed by atoms with E-state index in [1.807, 2.05) is 19.4 Å². The number of aryl methyl sites for hydroxylation is 2. The van der Waals surface area contributed by atoms with Gasteiger partial charge in [-0.25, -0.2) is 4.98 Å². The molecule has 0 fully saturated rings. The molecule has 2 rings (SSSR count). The minimum absolute atomic E-state index is 0.0212. The minimum Gasteiger partial charge on any atom is -0.392 e. The van der Waals surface area contributed by atoms with Crippen molar-refractivity contribution in [3.05, 3.63) is 22.8 Å². The fourth-order valence-electron chi connectivity index (χ4n) is 1.33. The highest BCUT2D eigenvalue weighted by molar-refractivity contribution is 8.01. The summed E-state index contributed by atoms with van der Waals surface area (Å²) in [6.07, 6.45) is 1.77. The van der Waals surface area contributed by atoms with Gasteiger partial charge in [0.2, 0.25) is 0 Å². The zero-order chi connectivity index (χ0) is 10.8. The highest BCUT2D eigenvalue weighted by Gasteiger charge is 2.14. The zero-order valence-electron chi connectivity index (χ0n) is 8.47. The number of rotatable bonds is 3. The van der Waals surface area contributed by atoms with Crippen LogP contribution in [-0.2, 0) is 13.7 Å². The van der Waals surface area contributed by atoms with Crippen molar-refractivity contribution in [3.8, 4) is 0 Å². The topological polar surface area (TPSA) is 50.9 Å². The van der Waals surface area contributed by atoms with Crippen LogP contribution < -0.4 is 0 Å². The van der Waals surface area contributed by atoms with Crippen LogP contribution in [-0.4, -0.2) is 19.9 Å². The molecule has 2 aromatic rings. The van der Waals surface area contributed by atoms with Crippen molar-refractivity contribution in [2.45, 2.75) is 22.9 Å². The van der Waals surface area contributed by atoms with Gasteiger partial charge in [-0.2, -0.15) is 5.10 Å². The Morgan fingerprint density at radius 1 is 1.60 bits per heavy atom. The van der Waals surface area contributed by atoms with E-state index >= 15 is 0 Å². The summed E-state index contributed by atoms with van der Waals surface area (Å²) in [7, 11) is 1.88. The zero-order valence-corrected chi connectivity index (χ0v) is 10.1. The van der Waals surface area contributed by atoms with Crippen LogP contribution in [0.25, 0.3) is 0 Å². The monoisotopic (exact) mass is 241 g/mol. The van der Waals surface area contributed by atoms with Crippen LogP contribution in [0.15, 0.2) is 20.9 Å². The SMILES string of the molecule is Cc1nn(C)c(Sc2nccs2)c1CO. The number of aliphatic hydroxyl groups excluding tert-OH is 1. The molecule has 0 saturated heterocycles. The smallest absolute Gasteiger partial charge is 0.156 e. The largest absolute Gasteiger partial charge is 0.392 e. The van der Waals surface area contributed by atoms with E-state index in [9.17, 15) is 5.11 Å². The first kappa shape index (κ1) is 10.7. The molecule has 0 unspecified atom stereocenters. The first-order chi connectivity index (χ1) is 7.22. The Bertz CT molecular complexity index is 450. The van der Waals surface area contributed by atoms with Crippen LogP contribution in [0.4, 0.5) is 0 Å². The van der Waals surface area contributed by atoms with Crippen LogP contribution in [0, 0.1) is 6.92 Å². The van der Waals surface area contributed by atoms with E-state index in [0.717, 1.165) is 20.6 Å². The van der Waals surface area contributed by atoms with Crippen molar-refractivity contribution >= 4 is 23.1 Å². The fraction of sp³-hybridized carbons (Fsp3) is 0.333. The van der Waals surface area contributed by atoms with Crippen molar-refractivity contribution in [2.75, 3.05) is 0 Å². The summed E-state index contributed by atoms with van der Waals surface area (Å²) in [5, 5.41) is 16.4. The Labute approximate surface area is 96.0 Å². The number of hydrogen-bond acceptors (Lipinski definition) is 5. The van der Waals surface area contributed by atoms with Gasteiger partial charge >= 0.3 is 0 Å². The molecule has 80 valence electrons. The molecule has 0 atom stereocenters. The van der Waals surface area contributed by atoms with Crippen LogP contribution in [0.1, 0.15) is 11.3 Å². The molecule has 0 radical (unpaired) electrons. The Kier molecular flexibility index (Phi) is 3.08. The molecule has 6 heteroatoms. The molecule has 0 spiro atoms. The summed E-state index contributed by atoms with van der Waals surface area (Å²) in [6, 6.07) is 0. The molecule has 1 N–H and O–H groups in total. The van der Waals surface area contributed by atoms with Gasteiger partial charge < -0.3 is 5.11 Å². The second-order valence-corrected chi connectivity index (χ2v) is 5.18. The van der Waals surface area contributed by atoms with Crippen LogP contribution in [0.2, 0.25) is 0 Å². The third-order valence-corrected chi connectivity index (χ3v) is 4.13. The molecule has 15 heavy (non-hydrogen) atoms. The van der Waals surface area contributed by atoms with Gasteiger partial charge in [-0.05, 0) is 18.7 Å². The summed E-state index contributed by atoms with van der Waals surface area (Å²) in [4.78, 5) is 4.20. The molecule has 0 saturated carbocycles. The van der Waals surface area contributed by atoms with E-state index in [-0.39, 0.29) is 6.61 Å². The van der Waals surface area contributed by atoms with Crippen molar-refractivity contribution in [1.82, 2.24) is 14.8 Å². The first-order valence-electron chi connectivity index (χ1n) is 4.43. The number of aliphatic hydroxyl groups is 1. The lowest BCUT2D eigenvalue weighted by atomic mass is 10.3. The van der Waals surface area contributed by atoms with Gasteiger partial charge in [0.15, 0.2) is 4.34 Å². The quantitative estimate of drug-likeness (QED) is 0.890. The van der Waals surface area contributed by atoms with Gasteiger partial charge in [0.1, 0.15) is 5.03 Å². The maximum Gasteiger partial charge on any atom is 0.156 e. The highest BCUT2D eigenvalue weighted by atomic mass is 32.2. The number of aromatic nitrogens is 3. The van der Waals surface area contributed by atoms with Crippen LogP contribution >= 0.6 is 23.1 Å². The van der Waals surface area contributed by atoms with Gasteiger partial charge in [-0.15, -0.1) is 11.3 Å². The maximum atomic E-state index is 9.26. The average molecular weight is 241 g/mol. The second-order valence-electron chi connectivity index (χ2n) is 3.05. The van der Waals surface area contributed by atoms with Crippen molar-refractivity contribution in [1.29, 1.82) is 0 Å². The molecular weight excluding hydrogens is 230 g/mol. The minimum atomic E-state index is 0.0212. The van der Waals surface area contributed by atoms with E-state index in [1.165, 1.54) is 0 Å². The molecule has 0 aliphatic carbocycles. The number of nitrogens with zero attached hydrogens (tertiary/aromatic N) is 3. The lowest BCUT2D eigenvalue weighted by Crippen LogP contribution is -1.93. The predicted octanol–water partition coefficient (Wildman–Crippen LogP) is 1.83. The van der Waals surface area contributed by atoms with Crippen molar-refractivity contribution < 1.29 is 5.11 Å². The van der Waals surface area contributed by atoms with Crippen LogP contribution in [0.5, 0.6) is 0 Å². The Balaban J connectivity index is 2.35. The lowest BCUT2D eigenvalue weighted by molar-refractivity contribution is 0.277. The fourth-order valence-corrected chi connectivity index (χ4v) is 3.08. The summed E-state index contributed by atoms with van der Waals surface area (Å²) in [6.45, 7) is 1.92. The summed E-state index contributed by atoms with van der Waals surface area (Å²) < 4.78 is 2.75. The van der Waals surface area contributed by atoms with E-state index in [2.05, 4.69) is 10.1 Å². The van der Waals surface area contributed by atoms with E-state index < -0.39 is 0 Å². The molecule has 0 aromatic carbocycles. The van der Waals surface area contributed by atoms with E-state index in [4.69, 9.17) is 0 Å². The highest BCUT2D eigenvalue weighted by Crippen LogP contribution is 2.32. The molecular formula is C9H11N3OS2. The average Bonchev–Trinajstić information content (AvgIpc) is 2.77. The lowest BCUT2D eigenvalue weighted by Gasteiger charge is -2.00. The first-order valence-corrected chi connectivity index (χ1v) is 6.12. The van der Waals surface area contributed by atoms with Crippen molar-refractivity contribution in [3.63, 3.8) is 0 Å². The normalized spacial score (nSPS) is 10.9. The maximum absolute atomic E-state index is 9.26. The molecule has 0 aliphatic rings. The Morgan fingerprint density at radius 3 is 3.00 bits per heavy atom. The van der Waals surface area contributed by atoms with Gasteiger partial charge in [0.05, 0.1) is 12.3 Å². The molecule has 2 heterocycles. The third-order valence-electron chi connectivity index (χ3n) is 2.04.